The molecule has 1 fully saturated rings. The Morgan fingerprint density at radius 1 is 0.969 bits per heavy atom. The van der Waals surface area contributed by atoms with Crippen LogP contribution in [0.4, 0.5) is 0 Å². The molecule has 1 heterocycles. The van der Waals surface area contributed by atoms with Crippen molar-refractivity contribution in [1.29, 1.82) is 0 Å². The first-order chi connectivity index (χ1) is 15.7. The Morgan fingerprint density at radius 2 is 1.62 bits per heavy atom. The van der Waals surface area contributed by atoms with Crippen LogP contribution in [0.25, 0.3) is 0 Å². The van der Waals surface area contributed by atoms with Gasteiger partial charge in [-0.05, 0) is 37.3 Å². The highest BCUT2D eigenvalue weighted by Crippen LogP contribution is 2.32. The molecule has 3 aromatic rings. The summed E-state index contributed by atoms with van der Waals surface area (Å²) in [5, 5.41) is 9.61. The van der Waals surface area contributed by atoms with Crippen LogP contribution >= 0.6 is 11.8 Å². The average molecular weight is 449 g/mol. The summed E-state index contributed by atoms with van der Waals surface area (Å²) in [7, 11) is 0. The number of carbonyl (C=O) groups is 1. The Bertz CT molecular complexity index is 984. The van der Waals surface area contributed by atoms with Crippen LogP contribution in [0.1, 0.15) is 55.1 Å². The summed E-state index contributed by atoms with van der Waals surface area (Å²) in [6.07, 6.45) is 7.04. The lowest BCUT2D eigenvalue weighted by Crippen LogP contribution is -2.34. The molecule has 0 aliphatic heterocycles. The van der Waals surface area contributed by atoms with Crippen LogP contribution in [0.15, 0.2) is 65.8 Å². The summed E-state index contributed by atoms with van der Waals surface area (Å²) in [6.45, 7) is 3.35. The monoisotopic (exact) mass is 448 g/mol. The molecule has 0 saturated heterocycles. The first-order valence-electron chi connectivity index (χ1n) is 11.6. The summed E-state index contributed by atoms with van der Waals surface area (Å²) in [6, 6.07) is 21.1. The van der Waals surface area contributed by atoms with Gasteiger partial charge in [0.25, 0.3) is 0 Å². The van der Waals surface area contributed by atoms with Gasteiger partial charge in [0.1, 0.15) is 5.82 Å². The Kier molecular flexibility index (Phi) is 7.99. The Hall–Kier alpha value is -2.60. The van der Waals surface area contributed by atoms with E-state index in [9.17, 15) is 4.79 Å². The fourth-order valence-electron chi connectivity index (χ4n) is 4.43. The van der Waals surface area contributed by atoms with Crippen molar-refractivity contribution in [2.45, 2.75) is 63.2 Å². The molecule has 4 rings (SSSR count). The van der Waals surface area contributed by atoms with E-state index >= 15 is 0 Å². The van der Waals surface area contributed by atoms with E-state index in [1.807, 2.05) is 36.1 Å². The van der Waals surface area contributed by atoms with Crippen LogP contribution in [-0.2, 0) is 17.8 Å². The van der Waals surface area contributed by atoms with Gasteiger partial charge < -0.3 is 9.47 Å². The summed E-state index contributed by atoms with van der Waals surface area (Å²) in [5.74, 6) is 1.48. The molecule has 1 aliphatic rings. The van der Waals surface area contributed by atoms with E-state index in [0.29, 0.717) is 24.9 Å². The number of aryl methyl sites for hydroxylation is 1. The van der Waals surface area contributed by atoms with Gasteiger partial charge in [-0.15, -0.1) is 10.2 Å². The molecule has 1 saturated carbocycles. The van der Waals surface area contributed by atoms with Gasteiger partial charge in [0.2, 0.25) is 5.91 Å². The molecule has 0 spiro atoms. The standard InChI is InChI=1S/C26H32N4OS/c1-21-27-28-26(30(21)24-15-9-4-10-16-24)32-20-25(31)29(19-23-13-7-3-8-14-23)18-17-22-11-5-2-6-12-22/h2-3,5-8,11-14,24H,4,9-10,15-20H2,1H3. The van der Waals surface area contributed by atoms with Crippen molar-refractivity contribution in [3.05, 3.63) is 77.6 Å². The van der Waals surface area contributed by atoms with Crippen molar-refractivity contribution in [1.82, 2.24) is 19.7 Å². The van der Waals surface area contributed by atoms with Crippen LogP contribution in [0.2, 0.25) is 0 Å². The molecule has 0 unspecified atom stereocenters. The van der Waals surface area contributed by atoms with Gasteiger partial charge in [0.15, 0.2) is 5.16 Å². The van der Waals surface area contributed by atoms with Crippen LogP contribution < -0.4 is 0 Å². The third-order valence-corrected chi connectivity index (χ3v) is 7.11. The second kappa shape index (κ2) is 11.3. The van der Waals surface area contributed by atoms with E-state index in [1.54, 1.807) is 0 Å². The van der Waals surface area contributed by atoms with Crippen molar-refractivity contribution >= 4 is 17.7 Å². The molecular weight excluding hydrogens is 416 g/mol. The first-order valence-corrected chi connectivity index (χ1v) is 12.6. The first kappa shape index (κ1) is 22.6. The normalized spacial score (nSPS) is 14.4. The second-order valence-corrected chi connectivity index (χ2v) is 9.46. The van der Waals surface area contributed by atoms with Gasteiger partial charge in [-0.1, -0.05) is 91.7 Å². The third kappa shape index (κ3) is 6.00. The zero-order chi connectivity index (χ0) is 22.2. The lowest BCUT2D eigenvalue weighted by Gasteiger charge is -2.25. The number of hydrogen-bond acceptors (Lipinski definition) is 4. The van der Waals surface area contributed by atoms with Crippen LogP contribution in [0.3, 0.4) is 0 Å². The van der Waals surface area contributed by atoms with Crippen molar-refractivity contribution in [2.75, 3.05) is 12.3 Å². The SMILES string of the molecule is Cc1nnc(SCC(=O)N(CCc2ccccc2)Cc2ccccc2)n1C1CCCCC1. The highest BCUT2D eigenvalue weighted by molar-refractivity contribution is 7.99. The topological polar surface area (TPSA) is 51.0 Å². The predicted molar refractivity (Wildman–Crippen MR) is 130 cm³/mol. The maximum Gasteiger partial charge on any atom is 0.233 e. The van der Waals surface area contributed by atoms with Crippen molar-refractivity contribution in [3.8, 4) is 0 Å². The van der Waals surface area contributed by atoms with Gasteiger partial charge in [-0.25, -0.2) is 0 Å². The van der Waals surface area contributed by atoms with E-state index in [-0.39, 0.29) is 5.91 Å². The zero-order valence-corrected chi connectivity index (χ0v) is 19.6. The number of benzene rings is 2. The minimum Gasteiger partial charge on any atom is -0.337 e. The van der Waals surface area contributed by atoms with Crippen LogP contribution in [0, 0.1) is 6.92 Å². The lowest BCUT2D eigenvalue weighted by molar-refractivity contribution is -0.128. The lowest BCUT2D eigenvalue weighted by atomic mass is 9.95. The van der Waals surface area contributed by atoms with Crippen molar-refractivity contribution in [2.24, 2.45) is 0 Å². The third-order valence-electron chi connectivity index (χ3n) is 6.18. The molecule has 1 amide bonds. The number of rotatable bonds is 9. The van der Waals surface area contributed by atoms with Gasteiger partial charge in [-0.2, -0.15) is 0 Å². The largest absolute Gasteiger partial charge is 0.337 e. The highest BCUT2D eigenvalue weighted by Gasteiger charge is 2.23. The molecule has 0 N–H and O–H groups in total. The maximum atomic E-state index is 13.3. The Balaban J connectivity index is 1.42. The number of carbonyl (C=O) groups excluding carboxylic acids is 1. The van der Waals surface area contributed by atoms with Gasteiger partial charge >= 0.3 is 0 Å². The molecule has 0 bridgehead atoms. The zero-order valence-electron chi connectivity index (χ0n) is 18.8. The molecule has 0 atom stereocenters. The van der Waals surface area contributed by atoms with Crippen molar-refractivity contribution < 1.29 is 4.79 Å². The number of amides is 1. The number of hydrogen-bond donors (Lipinski definition) is 0. The van der Waals surface area contributed by atoms with Gasteiger partial charge in [-0.3, -0.25) is 4.79 Å². The molecule has 1 aromatic heterocycles. The van der Waals surface area contributed by atoms with E-state index in [1.165, 1.54) is 49.4 Å². The van der Waals surface area contributed by atoms with Crippen LogP contribution in [-0.4, -0.2) is 37.9 Å². The Morgan fingerprint density at radius 3 is 2.31 bits per heavy atom. The second-order valence-electron chi connectivity index (χ2n) is 8.52. The molecule has 6 heteroatoms. The summed E-state index contributed by atoms with van der Waals surface area (Å²) < 4.78 is 2.27. The predicted octanol–water partition coefficient (Wildman–Crippen LogP) is 5.46. The molecule has 2 aromatic carbocycles. The van der Waals surface area contributed by atoms with E-state index in [2.05, 4.69) is 51.2 Å². The fourth-order valence-corrected chi connectivity index (χ4v) is 5.38. The average Bonchev–Trinajstić information content (AvgIpc) is 3.22. The number of aromatic nitrogens is 3. The molecule has 0 radical (unpaired) electrons. The molecule has 5 nitrogen and oxygen atoms in total. The van der Waals surface area contributed by atoms with Crippen molar-refractivity contribution in [3.63, 3.8) is 0 Å². The molecule has 32 heavy (non-hydrogen) atoms. The minimum atomic E-state index is 0.144. The van der Waals surface area contributed by atoms with Gasteiger partial charge in [0, 0.05) is 19.1 Å². The van der Waals surface area contributed by atoms with Crippen LogP contribution in [0.5, 0.6) is 0 Å². The summed E-state index contributed by atoms with van der Waals surface area (Å²) in [4.78, 5) is 15.3. The molecular formula is C26H32N4OS. The summed E-state index contributed by atoms with van der Waals surface area (Å²) >= 11 is 1.53. The summed E-state index contributed by atoms with van der Waals surface area (Å²) in [5.41, 5.74) is 2.40. The smallest absolute Gasteiger partial charge is 0.233 e. The highest BCUT2D eigenvalue weighted by atomic mass is 32.2. The molecule has 1 aliphatic carbocycles. The van der Waals surface area contributed by atoms with E-state index < -0.39 is 0 Å². The van der Waals surface area contributed by atoms with Gasteiger partial charge in [0.05, 0.1) is 5.75 Å². The minimum absolute atomic E-state index is 0.144. The quantitative estimate of drug-likeness (QED) is 0.408. The number of nitrogens with zero attached hydrogens (tertiary/aromatic N) is 4. The number of thioether (sulfide) groups is 1. The maximum absolute atomic E-state index is 13.3. The fraction of sp³-hybridized carbons (Fsp3) is 0.423. The Labute approximate surface area is 195 Å². The van der Waals surface area contributed by atoms with E-state index in [0.717, 1.165) is 23.0 Å². The molecule has 168 valence electrons. The van der Waals surface area contributed by atoms with E-state index in [4.69, 9.17) is 0 Å².